The van der Waals surface area contributed by atoms with E-state index in [0.29, 0.717) is 32.7 Å². The fourth-order valence-electron chi connectivity index (χ4n) is 4.06. The lowest BCUT2D eigenvalue weighted by atomic mass is 10.1. The van der Waals surface area contributed by atoms with Crippen molar-refractivity contribution < 1.29 is 14.4 Å². The summed E-state index contributed by atoms with van der Waals surface area (Å²) in [6.07, 6.45) is 4.43. The second kappa shape index (κ2) is 9.22. The first-order valence-electron chi connectivity index (χ1n) is 10.4. The summed E-state index contributed by atoms with van der Waals surface area (Å²) in [6, 6.07) is 8.15. The molecular weight excluding hydrogens is 354 g/mol. The molecule has 2 heterocycles. The Morgan fingerprint density at radius 2 is 1.71 bits per heavy atom. The largest absolute Gasteiger partial charge is 0.341 e. The molecule has 2 aliphatic rings. The van der Waals surface area contributed by atoms with Gasteiger partial charge in [0.05, 0.1) is 5.92 Å². The number of benzene rings is 1. The average molecular weight is 386 g/mol. The molecule has 2 fully saturated rings. The number of carbonyl (C=O) groups is 3. The molecule has 2 aliphatic heterocycles. The molecular formula is C22H31N3O3. The third kappa shape index (κ3) is 4.72. The number of anilines is 1. The lowest BCUT2D eigenvalue weighted by Gasteiger charge is -2.24. The molecule has 0 saturated carbocycles. The van der Waals surface area contributed by atoms with E-state index in [4.69, 9.17) is 0 Å². The van der Waals surface area contributed by atoms with Gasteiger partial charge in [-0.1, -0.05) is 25.5 Å². The molecule has 1 atom stereocenters. The van der Waals surface area contributed by atoms with Gasteiger partial charge in [-0.3, -0.25) is 14.4 Å². The van der Waals surface area contributed by atoms with Crippen molar-refractivity contribution in [2.75, 3.05) is 37.6 Å². The Morgan fingerprint density at radius 3 is 2.39 bits per heavy atom. The summed E-state index contributed by atoms with van der Waals surface area (Å²) < 4.78 is 0. The minimum atomic E-state index is -0.295. The standard InChI is InChI=1S/C22H31N3O3/c1-3-4-6-18-7-9-20(10-8-18)25-16-19(15-21(25)27)22(28)24-12-5-11-23(13-14-24)17(2)26/h7-10,19H,3-6,11-16H2,1-2H3. The second-order valence-electron chi connectivity index (χ2n) is 7.86. The molecule has 0 aliphatic carbocycles. The summed E-state index contributed by atoms with van der Waals surface area (Å²) >= 11 is 0. The van der Waals surface area contributed by atoms with Gasteiger partial charge >= 0.3 is 0 Å². The summed E-state index contributed by atoms with van der Waals surface area (Å²) in [6.45, 7) is 6.66. The Labute approximate surface area is 167 Å². The third-order valence-corrected chi connectivity index (χ3v) is 5.79. The summed E-state index contributed by atoms with van der Waals surface area (Å²) in [5.74, 6) is -0.185. The van der Waals surface area contributed by atoms with Crippen LogP contribution in [0.15, 0.2) is 24.3 Å². The third-order valence-electron chi connectivity index (χ3n) is 5.79. The van der Waals surface area contributed by atoms with Crippen LogP contribution in [0.4, 0.5) is 5.69 Å². The zero-order chi connectivity index (χ0) is 20.1. The van der Waals surface area contributed by atoms with E-state index in [1.165, 1.54) is 5.56 Å². The topological polar surface area (TPSA) is 60.9 Å². The Bertz CT molecular complexity index is 716. The Morgan fingerprint density at radius 1 is 1.04 bits per heavy atom. The number of hydrogen-bond donors (Lipinski definition) is 0. The van der Waals surface area contributed by atoms with Crippen LogP contribution in [0.2, 0.25) is 0 Å². The molecule has 1 aromatic rings. The van der Waals surface area contributed by atoms with Crippen molar-refractivity contribution >= 4 is 23.4 Å². The number of amides is 3. The van der Waals surface area contributed by atoms with E-state index in [1.54, 1.807) is 16.7 Å². The van der Waals surface area contributed by atoms with Gasteiger partial charge in [-0.2, -0.15) is 0 Å². The highest BCUT2D eigenvalue weighted by molar-refractivity contribution is 6.00. The highest BCUT2D eigenvalue weighted by atomic mass is 16.2. The molecule has 6 heteroatoms. The molecule has 6 nitrogen and oxygen atoms in total. The fourth-order valence-corrected chi connectivity index (χ4v) is 4.06. The van der Waals surface area contributed by atoms with Crippen LogP contribution in [-0.4, -0.2) is 60.2 Å². The van der Waals surface area contributed by atoms with Crippen LogP contribution in [-0.2, 0) is 20.8 Å². The lowest BCUT2D eigenvalue weighted by molar-refractivity contribution is -0.136. The highest BCUT2D eigenvalue weighted by Gasteiger charge is 2.37. The second-order valence-corrected chi connectivity index (χ2v) is 7.86. The Balaban J connectivity index is 1.60. The summed E-state index contributed by atoms with van der Waals surface area (Å²) in [7, 11) is 0. The summed E-state index contributed by atoms with van der Waals surface area (Å²) in [5.41, 5.74) is 2.16. The molecule has 1 aromatic carbocycles. The first-order valence-corrected chi connectivity index (χ1v) is 10.4. The molecule has 28 heavy (non-hydrogen) atoms. The predicted octanol–water partition coefficient (Wildman–Crippen LogP) is 2.46. The SMILES string of the molecule is CCCCc1ccc(N2CC(C(=O)N3CCCN(C(C)=O)CC3)CC2=O)cc1. The van der Waals surface area contributed by atoms with Crippen molar-refractivity contribution in [3.63, 3.8) is 0 Å². The van der Waals surface area contributed by atoms with Crippen molar-refractivity contribution in [3.8, 4) is 0 Å². The fraction of sp³-hybridized carbons (Fsp3) is 0.591. The maximum Gasteiger partial charge on any atom is 0.228 e. The minimum absolute atomic E-state index is 0.0137. The van der Waals surface area contributed by atoms with E-state index in [9.17, 15) is 14.4 Å². The molecule has 0 bridgehead atoms. The normalized spacial score (nSPS) is 20.4. The summed E-state index contributed by atoms with van der Waals surface area (Å²) in [4.78, 5) is 42.5. The first-order chi connectivity index (χ1) is 13.5. The van der Waals surface area contributed by atoms with Gasteiger partial charge in [-0.05, 0) is 37.0 Å². The van der Waals surface area contributed by atoms with Crippen molar-refractivity contribution in [1.29, 1.82) is 0 Å². The number of nitrogens with zero attached hydrogens (tertiary/aromatic N) is 3. The van der Waals surface area contributed by atoms with Gasteiger partial charge in [-0.15, -0.1) is 0 Å². The number of carbonyl (C=O) groups excluding carboxylic acids is 3. The molecule has 152 valence electrons. The van der Waals surface area contributed by atoms with Gasteiger partial charge in [-0.25, -0.2) is 0 Å². The average Bonchev–Trinajstić information content (AvgIpc) is 2.91. The van der Waals surface area contributed by atoms with Gasteiger partial charge in [0, 0.05) is 51.8 Å². The highest BCUT2D eigenvalue weighted by Crippen LogP contribution is 2.27. The van der Waals surface area contributed by atoms with E-state index in [-0.39, 0.29) is 30.1 Å². The number of unbranched alkanes of at least 4 members (excludes halogenated alkanes) is 1. The van der Waals surface area contributed by atoms with Crippen molar-refractivity contribution in [2.45, 2.75) is 46.0 Å². The van der Waals surface area contributed by atoms with E-state index >= 15 is 0 Å². The molecule has 3 rings (SSSR count). The van der Waals surface area contributed by atoms with E-state index in [0.717, 1.165) is 31.4 Å². The lowest BCUT2D eigenvalue weighted by Crippen LogP contribution is -2.40. The van der Waals surface area contributed by atoms with Crippen LogP contribution in [0.3, 0.4) is 0 Å². The van der Waals surface area contributed by atoms with Crippen molar-refractivity contribution in [2.24, 2.45) is 5.92 Å². The molecule has 3 amide bonds. The number of aryl methyl sites for hydroxylation is 1. The van der Waals surface area contributed by atoms with Gasteiger partial charge in [0.25, 0.3) is 0 Å². The maximum atomic E-state index is 13.0. The quantitative estimate of drug-likeness (QED) is 0.782. The van der Waals surface area contributed by atoms with Crippen LogP contribution < -0.4 is 4.90 Å². The van der Waals surface area contributed by atoms with Gasteiger partial charge < -0.3 is 14.7 Å². The zero-order valence-corrected chi connectivity index (χ0v) is 17.0. The molecule has 1 unspecified atom stereocenters. The zero-order valence-electron chi connectivity index (χ0n) is 17.0. The van der Waals surface area contributed by atoms with Crippen LogP contribution in [0, 0.1) is 5.92 Å². The van der Waals surface area contributed by atoms with E-state index < -0.39 is 0 Å². The maximum absolute atomic E-state index is 13.0. The van der Waals surface area contributed by atoms with Crippen molar-refractivity contribution in [3.05, 3.63) is 29.8 Å². The smallest absolute Gasteiger partial charge is 0.228 e. The number of hydrogen-bond acceptors (Lipinski definition) is 3. The molecule has 0 radical (unpaired) electrons. The first kappa shape index (κ1) is 20.4. The Kier molecular flexibility index (Phi) is 6.70. The van der Waals surface area contributed by atoms with E-state index in [2.05, 4.69) is 19.1 Å². The van der Waals surface area contributed by atoms with Crippen LogP contribution in [0.1, 0.15) is 45.1 Å². The minimum Gasteiger partial charge on any atom is -0.341 e. The molecule has 0 spiro atoms. The van der Waals surface area contributed by atoms with Crippen molar-refractivity contribution in [1.82, 2.24) is 9.80 Å². The Hall–Kier alpha value is -2.37. The monoisotopic (exact) mass is 385 g/mol. The van der Waals surface area contributed by atoms with Gasteiger partial charge in [0.15, 0.2) is 0 Å². The summed E-state index contributed by atoms with van der Waals surface area (Å²) in [5, 5.41) is 0. The van der Waals surface area contributed by atoms with E-state index in [1.807, 2.05) is 17.0 Å². The number of rotatable bonds is 5. The van der Waals surface area contributed by atoms with Crippen LogP contribution in [0.5, 0.6) is 0 Å². The van der Waals surface area contributed by atoms with Gasteiger partial charge in [0.1, 0.15) is 0 Å². The molecule has 2 saturated heterocycles. The van der Waals surface area contributed by atoms with Crippen LogP contribution >= 0.6 is 0 Å². The predicted molar refractivity (Wildman–Crippen MR) is 109 cm³/mol. The molecule has 0 aromatic heterocycles. The molecule has 0 N–H and O–H groups in total. The van der Waals surface area contributed by atoms with Crippen LogP contribution in [0.25, 0.3) is 0 Å². The van der Waals surface area contributed by atoms with Gasteiger partial charge in [0.2, 0.25) is 17.7 Å².